The van der Waals surface area contributed by atoms with Crippen LogP contribution in [0.1, 0.15) is 49.6 Å². The lowest BCUT2D eigenvalue weighted by molar-refractivity contribution is -0.152. The number of ether oxygens (including phenoxy) is 1. The Morgan fingerprint density at radius 3 is 2.37 bits per heavy atom. The van der Waals surface area contributed by atoms with Crippen molar-refractivity contribution in [3.8, 4) is 0 Å². The molecule has 2 fully saturated rings. The van der Waals surface area contributed by atoms with Crippen LogP contribution in [0.4, 0.5) is 8.78 Å². The van der Waals surface area contributed by atoms with E-state index < -0.39 is 21.7 Å². The van der Waals surface area contributed by atoms with Gasteiger partial charge in [-0.25, -0.2) is 17.2 Å². The van der Waals surface area contributed by atoms with Crippen molar-refractivity contribution in [3.63, 3.8) is 0 Å². The zero-order valence-electron chi connectivity index (χ0n) is 21.4. The fraction of sp³-hybridized carbons (Fsp3) is 0.500. The van der Waals surface area contributed by atoms with Gasteiger partial charge in [0.25, 0.3) is 0 Å². The molecule has 2 saturated heterocycles. The summed E-state index contributed by atoms with van der Waals surface area (Å²) in [5.41, 5.74) is 0.223. The summed E-state index contributed by atoms with van der Waals surface area (Å²) in [6.45, 7) is 4.86. The van der Waals surface area contributed by atoms with Crippen LogP contribution in [-0.2, 0) is 24.3 Å². The highest BCUT2D eigenvalue weighted by Gasteiger charge is 2.38. The van der Waals surface area contributed by atoms with Crippen LogP contribution >= 0.6 is 0 Å². The Morgan fingerprint density at radius 2 is 1.74 bits per heavy atom. The standard InChI is InChI=1S/C26H31F2N3O6S/c1-3-36-26(33)20-8-12-30(13-9-20)25(32)19-10-14-31(15-11-19)38(34,35)24-17(2)29-37-23(24)7-5-18-4-6-21(27)16-22(18)28/h4-7,16,19-20H,3,8-15H2,1-2H3. The third kappa shape index (κ3) is 5.96. The molecule has 0 aliphatic carbocycles. The van der Waals surface area contributed by atoms with Crippen molar-refractivity contribution >= 4 is 34.1 Å². The summed E-state index contributed by atoms with van der Waals surface area (Å²) < 4.78 is 65.7. The van der Waals surface area contributed by atoms with E-state index in [1.54, 1.807) is 11.8 Å². The molecule has 3 heterocycles. The van der Waals surface area contributed by atoms with Crippen LogP contribution in [0.25, 0.3) is 12.2 Å². The lowest BCUT2D eigenvalue weighted by Gasteiger charge is -2.36. The Hall–Kier alpha value is -3.12. The molecule has 206 valence electrons. The van der Waals surface area contributed by atoms with Gasteiger partial charge in [-0.15, -0.1) is 0 Å². The molecule has 12 heteroatoms. The van der Waals surface area contributed by atoms with E-state index in [0.29, 0.717) is 45.4 Å². The number of esters is 1. The van der Waals surface area contributed by atoms with Crippen LogP contribution in [-0.4, -0.2) is 67.4 Å². The lowest BCUT2D eigenvalue weighted by Crippen LogP contribution is -2.47. The van der Waals surface area contributed by atoms with Gasteiger partial charge in [0.2, 0.25) is 15.9 Å². The zero-order valence-corrected chi connectivity index (χ0v) is 22.2. The SMILES string of the molecule is CCOC(=O)C1CCN(C(=O)C2CCN(S(=O)(=O)c3c(C)noc3C=Cc3ccc(F)cc3F)CC2)CC1. The molecule has 1 amide bonds. The van der Waals surface area contributed by atoms with Crippen LogP contribution < -0.4 is 0 Å². The molecule has 0 saturated carbocycles. The van der Waals surface area contributed by atoms with Crippen LogP contribution in [0.2, 0.25) is 0 Å². The van der Waals surface area contributed by atoms with E-state index in [0.717, 1.165) is 12.1 Å². The van der Waals surface area contributed by atoms with Crippen LogP contribution in [0.5, 0.6) is 0 Å². The third-order valence-electron chi connectivity index (χ3n) is 7.04. The molecule has 0 N–H and O–H groups in total. The Balaban J connectivity index is 1.39. The number of likely N-dealkylation sites (tertiary alicyclic amines) is 1. The van der Waals surface area contributed by atoms with E-state index in [4.69, 9.17) is 9.26 Å². The number of aromatic nitrogens is 1. The topological polar surface area (TPSA) is 110 Å². The second-order valence-corrected chi connectivity index (χ2v) is 11.4. The van der Waals surface area contributed by atoms with Crippen molar-refractivity contribution in [2.45, 2.75) is 44.4 Å². The minimum atomic E-state index is -4.00. The van der Waals surface area contributed by atoms with Gasteiger partial charge in [0, 0.05) is 43.7 Å². The number of hydrogen-bond donors (Lipinski definition) is 0. The van der Waals surface area contributed by atoms with E-state index in [9.17, 15) is 26.8 Å². The zero-order chi connectivity index (χ0) is 27.4. The summed E-state index contributed by atoms with van der Waals surface area (Å²) in [5.74, 6) is -2.31. The fourth-order valence-corrected chi connectivity index (χ4v) is 6.65. The maximum atomic E-state index is 14.0. The Labute approximate surface area is 220 Å². The molecule has 38 heavy (non-hydrogen) atoms. The molecular weight excluding hydrogens is 520 g/mol. The smallest absolute Gasteiger partial charge is 0.309 e. The van der Waals surface area contributed by atoms with Gasteiger partial charge in [-0.2, -0.15) is 4.31 Å². The average Bonchev–Trinajstić information content (AvgIpc) is 3.29. The number of rotatable bonds is 7. The Morgan fingerprint density at radius 1 is 1.08 bits per heavy atom. The highest BCUT2D eigenvalue weighted by Crippen LogP contribution is 2.31. The summed E-state index contributed by atoms with van der Waals surface area (Å²) >= 11 is 0. The number of carbonyl (C=O) groups excluding carboxylic acids is 2. The molecule has 0 radical (unpaired) electrons. The van der Waals surface area contributed by atoms with E-state index in [-0.39, 0.29) is 58.7 Å². The van der Waals surface area contributed by atoms with Crippen LogP contribution in [0.3, 0.4) is 0 Å². The molecule has 0 unspecified atom stereocenters. The van der Waals surface area contributed by atoms with E-state index >= 15 is 0 Å². The highest BCUT2D eigenvalue weighted by molar-refractivity contribution is 7.89. The van der Waals surface area contributed by atoms with E-state index in [2.05, 4.69) is 5.16 Å². The minimum absolute atomic E-state index is 0.0181. The van der Waals surface area contributed by atoms with Crippen LogP contribution in [0.15, 0.2) is 27.6 Å². The predicted molar refractivity (Wildman–Crippen MR) is 134 cm³/mol. The monoisotopic (exact) mass is 551 g/mol. The maximum Gasteiger partial charge on any atom is 0.309 e. The van der Waals surface area contributed by atoms with E-state index in [1.165, 1.54) is 29.4 Å². The fourth-order valence-electron chi connectivity index (χ4n) is 4.93. The average molecular weight is 552 g/mol. The molecule has 1 aromatic heterocycles. The van der Waals surface area contributed by atoms with Crippen molar-refractivity contribution in [3.05, 3.63) is 46.9 Å². The molecule has 0 atom stereocenters. The number of sulfonamides is 1. The molecule has 9 nitrogen and oxygen atoms in total. The molecular formula is C26H31F2N3O6S. The van der Waals surface area contributed by atoms with Gasteiger partial charge in [0.05, 0.1) is 12.5 Å². The molecule has 0 spiro atoms. The first-order valence-corrected chi connectivity index (χ1v) is 14.1. The number of carbonyl (C=O) groups is 2. The Kier molecular flexibility index (Phi) is 8.61. The largest absolute Gasteiger partial charge is 0.466 e. The minimum Gasteiger partial charge on any atom is -0.466 e. The number of nitrogens with zero attached hydrogens (tertiary/aromatic N) is 3. The molecule has 2 aromatic rings. The van der Waals surface area contributed by atoms with Gasteiger partial charge in [-0.1, -0.05) is 5.16 Å². The molecule has 2 aliphatic rings. The molecule has 4 rings (SSSR count). The number of aryl methyl sites for hydroxylation is 1. The van der Waals surface area contributed by atoms with Gasteiger partial charge < -0.3 is 14.2 Å². The quantitative estimate of drug-likeness (QED) is 0.484. The van der Waals surface area contributed by atoms with Gasteiger partial charge in [0.1, 0.15) is 17.3 Å². The van der Waals surface area contributed by atoms with Crippen molar-refractivity contribution in [2.24, 2.45) is 11.8 Å². The van der Waals surface area contributed by atoms with Gasteiger partial charge in [-0.05, 0) is 63.8 Å². The highest BCUT2D eigenvalue weighted by atomic mass is 32.2. The first-order chi connectivity index (χ1) is 18.1. The summed E-state index contributed by atoms with van der Waals surface area (Å²) in [6, 6.07) is 3.07. The normalized spacial score (nSPS) is 18.3. The molecule has 2 aliphatic heterocycles. The summed E-state index contributed by atoms with van der Waals surface area (Å²) in [6.07, 6.45) is 4.44. The van der Waals surface area contributed by atoms with Gasteiger partial charge in [0.15, 0.2) is 10.7 Å². The van der Waals surface area contributed by atoms with Crippen molar-refractivity contribution in [1.29, 1.82) is 0 Å². The Bertz CT molecular complexity index is 1310. The first-order valence-electron chi connectivity index (χ1n) is 12.7. The van der Waals surface area contributed by atoms with Gasteiger partial charge in [-0.3, -0.25) is 9.59 Å². The number of halogens is 2. The second kappa shape index (κ2) is 11.7. The molecule has 0 bridgehead atoms. The summed E-state index contributed by atoms with van der Waals surface area (Å²) in [7, 11) is -4.00. The first kappa shape index (κ1) is 27.9. The second-order valence-electron chi connectivity index (χ2n) is 9.49. The molecule has 1 aromatic carbocycles. The summed E-state index contributed by atoms with van der Waals surface area (Å²) in [5, 5.41) is 3.78. The van der Waals surface area contributed by atoms with Crippen molar-refractivity contribution < 1.29 is 36.0 Å². The number of hydrogen-bond acceptors (Lipinski definition) is 7. The van der Waals surface area contributed by atoms with Crippen LogP contribution in [0, 0.1) is 30.4 Å². The van der Waals surface area contributed by atoms with Crippen molar-refractivity contribution in [2.75, 3.05) is 32.8 Å². The lowest BCUT2D eigenvalue weighted by atomic mass is 9.92. The van der Waals surface area contributed by atoms with Gasteiger partial charge >= 0.3 is 5.97 Å². The van der Waals surface area contributed by atoms with E-state index in [1.807, 2.05) is 0 Å². The summed E-state index contributed by atoms with van der Waals surface area (Å²) in [4.78, 5) is 26.7. The predicted octanol–water partition coefficient (Wildman–Crippen LogP) is 3.63. The number of amides is 1. The number of benzene rings is 1. The maximum absolute atomic E-state index is 14.0. The number of piperidine rings is 2. The van der Waals surface area contributed by atoms with Crippen molar-refractivity contribution in [1.82, 2.24) is 14.4 Å². The third-order valence-corrected chi connectivity index (χ3v) is 9.10.